The van der Waals surface area contributed by atoms with Gasteiger partial charge >= 0.3 is 5.97 Å². The van der Waals surface area contributed by atoms with E-state index in [1.165, 1.54) is 4.90 Å². The van der Waals surface area contributed by atoms with Crippen LogP contribution in [0.25, 0.3) is 0 Å². The van der Waals surface area contributed by atoms with Crippen LogP contribution in [0, 0.1) is 24.7 Å². The highest BCUT2D eigenvalue weighted by Crippen LogP contribution is 2.59. The summed E-state index contributed by atoms with van der Waals surface area (Å²) in [6.07, 6.45) is 2.82. The summed E-state index contributed by atoms with van der Waals surface area (Å²) in [7, 11) is 0. The van der Waals surface area contributed by atoms with Gasteiger partial charge in [-0.05, 0) is 44.2 Å². The molecule has 3 heterocycles. The minimum absolute atomic E-state index is 0.0902. The number of rotatable bonds is 10. The van der Waals surface area contributed by atoms with Crippen LogP contribution < -0.4 is 4.90 Å². The normalized spacial score (nSPS) is 29.7. The molecule has 1 aromatic carbocycles. The summed E-state index contributed by atoms with van der Waals surface area (Å²) in [5, 5.41) is 10.9. The molecule has 3 fully saturated rings. The van der Waals surface area contributed by atoms with Gasteiger partial charge in [-0.15, -0.1) is 6.58 Å². The van der Waals surface area contributed by atoms with Crippen LogP contribution in [0.3, 0.4) is 0 Å². The Kier molecular flexibility index (Phi) is 8.02. The number of fused-ring (bicyclic) bond motifs is 1. The Morgan fingerprint density at radius 1 is 1.41 bits per heavy atom. The fraction of sp³-hybridized carbons (Fsp3) is 0.607. The molecule has 2 bridgehead atoms. The number of aliphatic hydroxyl groups excluding tert-OH is 1. The molecule has 4 rings (SSSR count). The van der Waals surface area contributed by atoms with Gasteiger partial charge < -0.3 is 24.4 Å². The number of likely N-dealkylation sites (tertiary alicyclic amines) is 1. The SMILES string of the molecule is C=CCN(C(=O)[C@H]1N([C@@H](CO)[C@@H](C)CC)C(=O)[C@@H]2[C@@H](C(=O)OCC)[C@H]3CC[C@]21O3)c1c(C)cccc1Cl. The van der Waals surface area contributed by atoms with Crippen LogP contribution in [-0.2, 0) is 23.9 Å². The Hall–Kier alpha value is -2.42. The number of esters is 1. The van der Waals surface area contributed by atoms with E-state index < -0.39 is 41.6 Å². The predicted octanol–water partition coefficient (Wildman–Crippen LogP) is 3.51. The van der Waals surface area contributed by atoms with Gasteiger partial charge in [0.15, 0.2) is 0 Å². The van der Waals surface area contributed by atoms with Crippen molar-refractivity contribution >= 4 is 35.1 Å². The van der Waals surface area contributed by atoms with Crippen LogP contribution in [0.15, 0.2) is 30.9 Å². The number of carbonyl (C=O) groups excluding carboxylic acids is 3. The molecule has 1 aromatic rings. The van der Waals surface area contributed by atoms with Gasteiger partial charge in [-0.3, -0.25) is 14.4 Å². The molecule has 0 aliphatic carbocycles. The van der Waals surface area contributed by atoms with Crippen molar-refractivity contribution in [2.45, 2.75) is 70.7 Å². The average Bonchev–Trinajstić information content (AvgIpc) is 3.51. The third kappa shape index (κ3) is 4.27. The second-order valence-electron chi connectivity index (χ2n) is 10.3. The van der Waals surface area contributed by atoms with E-state index in [9.17, 15) is 19.5 Å². The van der Waals surface area contributed by atoms with Gasteiger partial charge in [0.1, 0.15) is 11.6 Å². The van der Waals surface area contributed by atoms with Crippen LogP contribution in [0.1, 0.15) is 45.6 Å². The Morgan fingerprint density at radius 3 is 2.73 bits per heavy atom. The van der Waals surface area contributed by atoms with Crippen LogP contribution >= 0.6 is 11.6 Å². The molecular weight excluding hydrogens is 496 g/mol. The number of amides is 2. The maximum atomic E-state index is 14.6. The highest BCUT2D eigenvalue weighted by Gasteiger charge is 2.75. The Bertz CT molecular complexity index is 1060. The van der Waals surface area contributed by atoms with E-state index in [4.69, 9.17) is 21.1 Å². The third-order valence-electron chi connectivity index (χ3n) is 8.41. The van der Waals surface area contributed by atoms with Gasteiger partial charge in [0.05, 0.1) is 47.9 Å². The molecule has 3 saturated heterocycles. The quantitative estimate of drug-likeness (QED) is 0.366. The Morgan fingerprint density at radius 2 is 2.14 bits per heavy atom. The van der Waals surface area contributed by atoms with Crippen molar-refractivity contribution in [2.75, 3.05) is 24.7 Å². The molecule has 3 aliphatic rings. The number of anilines is 1. The number of carbonyl (C=O) groups is 3. The summed E-state index contributed by atoms with van der Waals surface area (Å²) >= 11 is 6.58. The summed E-state index contributed by atoms with van der Waals surface area (Å²) in [5.41, 5.74) is 0.153. The lowest BCUT2D eigenvalue weighted by atomic mass is 9.70. The molecule has 0 saturated carbocycles. The zero-order valence-corrected chi connectivity index (χ0v) is 22.7. The zero-order chi connectivity index (χ0) is 27.1. The summed E-state index contributed by atoms with van der Waals surface area (Å²) < 4.78 is 11.8. The summed E-state index contributed by atoms with van der Waals surface area (Å²) in [6, 6.07) is 3.75. The lowest BCUT2D eigenvalue weighted by molar-refractivity contribution is -0.155. The summed E-state index contributed by atoms with van der Waals surface area (Å²) in [6.45, 7) is 11.4. The number of para-hydroxylation sites is 1. The van der Waals surface area contributed by atoms with E-state index in [-0.39, 0.29) is 37.5 Å². The Labute approximate surface area is 223 Å². The summed E-state index contributed by atoms with van der Waals surface area (Å²) in [5.74, 6) is -2.91. The Balaban J connectivity index is 1.87. The van der Waals surface area contributed by atoms with Crippen molar-refractivity contribution in [3.05, 3.63) is 41.4 Å². The first kappa shape index (κ1) is 27.6. The zero-order valence-electron chi connectivity index (χ0n) is 22.0. The number of ether oxygens (including phenoxy) is 2. The molecule has 1 spiro atoms. The molecule has 8 nitrogen and oxygen atoms in total. The fourth-order valence-electron chi connectivity index (χ4n) is 6.58. The molecule has 2 amide bonds. The minimum atomic E-state index is -1.19. The molecule has 0 unspecified atom stereocenters. The van der Waals surface area contributed by atoms with E-state index in [2.05, 4.69) is 6.58 Å². The number of aliphatic hydroxyl groups is 1. The van der Waals surface area contributed by atoms with Crippen molar-refractivity contribution < 1.29 is 29.0 Å². The van der Waals surface area contributed by atoms with Crippen molar-refractivity contribution in [3.8, 4) is 0 Å². The van der Waals surface area contributed by atoms with E-state index >= 15 is 0 Å². The number of aryl methyl sites for hydroxylation is 1. The van der Waals surface area contributed by atoms with Crippen LogP contribution in [0.2, 0.25) is 5.02 Å². The van der Waals surface area contributed by atoms with E-state index in [0.717, 1.165) is 5.56 Å². The molecule has 9 heteroatoms. The topological polar surface area (TPSA) is 96.4 Å². The van der Waals surface area contributed by atoms with Gasteiger partial charge in [0.2, 0.25) is 5.91 Å². The van der Waals surface area contributed by atoms with Gasteiger partial charge in [-0.2, -0.15) is 0 Å². The maximum Gasteiger partial charge on any atom is 0.312 e. The second-order valence-corrected chi connectivity index (χ2v) is 10.7. The molecule has 0 aromatic heterocycles. The van der Waals surface area contributed by atoms with Gasteiger partial charge in [0.25, 0.3) is 5.91 Å². The first-order chi connectivity index (χ1) is 17.7. The van der Waals surface area contributed by atoms with Gasteiger partial charge in [0, 0.05) is 6.54 Å². The molecule has 202 valence electrons. The second kappa shape index (κ2) is 10.8. The van der Waals surface area contributed by atoms with Crippen molar-refractivity contribution in [1.29, 1.82) is 0 Å². The third-order valence-corrected chi connectivity index (χ3v) is 8.72. The minimum Gasteiger partial charge on any atom is -0.466 e. The van der Waals surface area contributed by atoms with E-state index in [1.807, 2.05) is 32.9 Å². The highest BCUT2D eigenvalue weighted by molar-refractivity contribution is 6.34. The molecule has 0 radical (unpaired) electrons. The number of halogens is 1. The van der Waals surface area contributed by atoms with Crippen LogP contribution in [-0.4, -0.2) is 71.3 Å². The maximum absolute atomic E-state index is 14.6. The van der Waals surface area contributed by atoms with E-state index in [0.29, 0.717) is 30.0 Å². The molecule has 3 aliphatic heterocycles. The molecule has 7 atom stereocenters. The van der Waals surface area contributed by atoms with Crippen LogP contribution in [0.5, 0.6) is 0 Å². The predicted molar refractivity (Wildman–Crippen MR) is 140 cm³/mol. The van der Waals surface area contributed by atoms with Crippen molar-refractivity contribution in [2.24, 2.45) is 17.8 Å². The smallest absolute Gasteiger partial charge is 0.312 e. The highest BCUT2D eigenvalue weighted by atomic mass is 35.5. The summed E-state index contributed by atoms with van der Waals surface area (Å²) in [4.78, 5) is 44.9. The first-order valence-corrected chi connectivity index (χ1v) is 13.5. The van der Waals surface area contributed by atoms with E-state index in [1.54, 1.807) is 24.0 Å². The number of nitrogens with zero attached hydrogens (tertiary/aromatic N) is 2. The molecule has 37 heavy (non-hydrogen) atoms. The molecular formula is C28H37ClN2O6. The van der Waals surface area contributed by atoms with Gasteiger partial charge in [-0.25, -0.2) is 0 Å². The fourth-order valence-corrected chi connectivity index (χ4v) is 6.91. The van der Waals surface area contributed by atoms with Crippen LogP contribution in [0.4, 0.5) is 5.69 Å². The lowest BCUT2D eigenvalue weighted by Crippen LogP contribution is -2.60. The molecule has 1 N–H and O–H groups in total. The van der Waals surface area contributed by atoms with Gasteiger partial charge in [-0.1, -0.05) is 50.1 Å². The number of hydrogen-bond donors (Lipinski definition) is 1. The average molecular weight is 533 g/mol. The lowest BCUT2D eigenvalue weighted by Gasteiger charge is -2.41. The monoisotopic (exact) mass is 532 g/mol. The standard InChI is InChI=1S/C28H37ClN2O6/c1-6-14-30(23-17(5)10-9-11-18(23)29)26(34)24-28-13-12-20(37-28)21(27(35)36-8-3)22(28)25(33)31(24)19(15-32)16(4)7-2/h6,9-11,16,19-22,24,32H,1,7-8,12-15H2,2-5H3/t16-,19-,20+,21-,22-,24+,28-/m0/s1. The van der Waals surface area contributed by atoms with Crippen molar-refractivity contribution in [3.63, 3.8) is 0 Å². The largest absolute Gasteiger partial charge is 0.466 e. The van der Waals surface area contributed by atoms with Crippen molar-refractivity contribution in [1.82, 2.24) is 4.90 Å². The number of hydrogen-bond acceptors (Lipinski definition) is 6. The number of benzene rings is 1. The first-order valence-electron chi connectivity index (χ1n) is 13.1.